The van der Waals surface area contributed by atoms with Crippen molar-refractivity contribution in [3.63, 3.8) is 0 Å². The van der Waals surface area contributed by atoms with Crippen molar-refractivity contribution in [3.05, 3.63) is 23.7 Å². The summed E-state index contributed by atoms with van der Waals surface area (Å²) in [6.45, 7) is 1.34. The second-order valence-electron chi connectivity index (χ2n) is 8.21. The lowest BCUT2D eigenvalue weighted by molar-refractivity contribution is 0.0260. The van der Waals surface area contributed by atoms with Crippen LogP contribution in [0.5, 0.6) is 5.88 Å². The number of hydrogen-bond donors (Lipinski definition) is 4. The van der Waals surface area contributed by atoms with Gasteiger partial charge in [-0.2, -0.15) is 15.3 Å². The Hall–Kier alpha value is -2.74. The molecule has 4 rings (SSSR count). The van der Waals surface area contributed by atoms with Crippen LogP contribution >= 0.6 is 0 Å². The van der Waals surface area contributed by atoms with Gasteiger partial charge < -0.3 is 20.5 Å². The van der Waals surface area contributed by atoms with E-state index >= 15 is 0 Å². The second-order valence-corrected chi connectivity index (χ2v) is 8.21. The van der Waals surface area contributed by atoms with Crippen LogP contribution in [0.3, 0.4) is 0 Å². The summed E-state index contributed by atoms with van der Waals surface area (Å²) in [4.78, 5) is 11.6. The van der Waals surface area contributed by atoms with Crippen molar-refractivity contribution in [2.45, 2.75) is 69.8 Å². The summed E-state index contributed by atoms with van der Waals surface area (Å²) in [7, 11) is 1.58. The first-order chi connectivity index (χ1) is 15.2. The third-order valence-electron chi connectivity index (χ3n) is 6.17. The van der Waals surface area contributed by atoms with E-state index in [1.807, 2.05) is 0 Å². The highest BCUT2D eigenvalue weighted by molar-refractivity contribution is 5.52. The Kier molecular flexibility index (Phi) is 6.96. The van der Waals surface area contributed by atoms with E-state index < -0.39 is 0 Å². The van der Waals surface area contributed by atoms with Crippen LogP contribution in [0.4, 0.5) is 11.6 Å². The third kappa shape index (κ3) is 5.31. The molecule has 2 aliphatic heterocycles. The van der Waals surface area contributed by atoms with Gasteiger partial charge in [-0.05, 0) is 25.7 Å². The zero-order valence-corrected chi connectivity index (χ0v) is 17.8. The van der Waals surface area contributed by atoms with Gasteiger partial charge in [0.2, 0.25) is 5.88 Å². The summed E-state index contributed by atoms with van der Waals surface area (Å²) in [6, 6.07) is 7.26. The number of piperidine rings is 2. The Morgan fingerprint density at radius 2 is 2.06 bits per heavy atom. The van der Waals surface area contributed by atoms with Gasteiger partial charge in [0.15, 0.2) is 5.82 Å². The standard InChI is InChI=1S/C21H30N8O2/c1-31-21-11-18(24-19-10-15(13-30)27-28-19)25-20(26-21)12-23-14-8-16-4-2-5-17(9-14)29(16)7-3-6-22/h10-11,14,16-17,23,30H,2-5,7-9,12-13H2,1H3,(H2,24,25,26,27,28). The molecule has 2 aliphatic rings. The van der Waals surface area contributed by atoms with Gasteiger partial charge >= 0.3 is 0 Å². The Morgan fingerprint density at radius 1 is 1.26 bits per heavy atom. The Balaban J connectivity index is 1.38. The molecule has 2 atom stereocenters. The number of methoxy groups -OCH3 is 1. The Labute approximate surface area is 182 Å². The summed E-state index contributed by atoms with van der Waals surface area (Å²) in [5, 5.41) is 31.8. The summed E-state index contributed by atoms with van der Waals surface area (Å²) < 4.78 is 5.34. The van der Waals surface area contributed by atoms with Gasteiger partial charge in [-0.1, -0.05) is 6.42 Å². The maximum absolute atomic E-state index is 9.19. The van der Waals surface area contributed by atoms with E-state index in [9.17, 15) is 5.11 Å². The number of aromatic nitrogens is 4. The zero-order chi connectivity index (χ0) is 21.6. The van der Waals surface area contributed by atoms with Gasteiger partial charge in [0.1, 0.15) is 11.6 Å². The molecule has 0 spiro atoms. The molecule has 2 bridgehead atoms. The van der Waals surface area contributed by atoms with Crippen molar-refractivity contribution in [2.24, 2.45) is 0 Å². The number of nitrogens with zero attached hydrogens (tertiary/aromatic N) is 5. The van der Waals surface area contributed by atoms with Crippen LogP contribution in [-0.4, -0.2) is 62.0 Å². The molecule has 0 aromatic carbocycles. The fraction of sp³-hybridized carbons (Fsp3) is 0.619. The molecule has 2 unspecified atom stereocenters. The first kappa shape index (κ1) is 21.5. The SMILES string of the molecule is COc1cc(Nc2cc(CO)[nH]n2)nc(CNC2CC3CCCC(C2)N3CCC#N)n1. The van der Waals surface area contributed by atoms with Crippen LogP contribution in [0.2, 0.25) is 0 Å². The van der Waals surface area contributed by atoms with Crippen LogP contribution in [0.25, 0.3) is 0 Å². The number of anilines is 2. The third-order valence-corrected chi connectivity index (χ3v) is 6.17. The zero-order valence-electron chi connectivity index (χ0n) is 17.8. The molecule has 0 radical (unpaired) electrons. The lowest BCUT2D eigenvalue weighted by atomic mass is 9.81. The van der Waals surface area contributed by atoms with Gasteiger partial charge in [0, 0.05) is 43.2 Å². The van der Waals surface area contributed by atoms with Crippen molar-refractivity contribution < 1.29 is 9.84 Å². The largest absolute Gasteiger partial charge is 0.481 e. The number of fused-ring (bicyclic) bond motifs is 2. The van der Waals surface area contributed by atoms with Crippen molar-refractivity contribution in [2.75, 3.05) is 19.0 Å². The van der Waals surface area contributed by atoms with Crippen LogP contribution < -0.4 is 15.4 Å². The quantitative estimate of drug-likeness (QED) is 0.473. The van der Waals surface area contributed by atoms with Gasteiger partial charge in [-0.15, -0.1) is 0 Å². The summed E-state index contributed by atoms with van der Waals surface area (Å²) in [5.41, 5.74) is 0.622. The minimum Gasteiger partial charge on any atom is -0.481 e. The molecule has 10 heteroatoms. The number of aliphatic hydroxyl groups is 1. The maximum Gasteiger partial charge on any atom is 0.218 e. The molecule has 31 heavy (non-hydrogen) atoms. The van der Waals surface area contributed by atoms with Gasteiger partial charge in [-0.25, -0.2) is 4.98 Å². The molecule has 0 aliphatic carbocycles. The first-order valence-corrected chi connectivity index (χ1v) is 10.9. The van der Waals surface area contributed by atoms with E-state index in [1.54, 1.807) is 19.2 Å². The van der Waals surface area contributed by atoms with Gasteiger partial charge in [-0.3, -0.25) is 10.00 Å². The minimum atomic E-state index is -0.103. The van der Waals surface area contributed by atoms with E-state index in [1.165, 1.54) is 19.3 Å². The summed E-state index contributed by atoms with van der Waals surface area (Å²) in [6.07, 6.45) is 6.49. The van der Waals surface area contributed by atoms with Crippen LogP contribution in [-0.2, 0) is 13.2 Å². The molecule has 4 heterocycles. The molecule has 2 aromatic rings. The van der Waals surface area contributed by atoms with E-state index in [-0.39, 0.29) is 6.61 Å². The lowest BCUT2D eigenvalue weighted by Gasteiger charge is -2.49. The van der Waals surface area contributed by atoms with Crippen LogP contribution in [0.1, 0.15) is 50.0 Å². The van der Waals surface area contributed by atoms with Crippen LogP contribution in [0, 0.1) is 11.3 Å². The summed E-state index contributed by atoms with van der Waals surface area (Å²) in [5.74, 6) is 2.29. The fourth-order valence-electron chi connectivity index (χ4n) is 4.78. The summed E-state index contributed by atoms with van der Waals surface area (Å²) >= 11 is 0. The number of aliphatic hydroxyl groups excluding tert-OH is 1. The monoisotopic (exact) mass is 426 g/mol. The van der Waals surface area contributed by atoms with Crippen LogP contribution in [0.15, 0.2) is 12.1 Å². The second kappa shape index (κ2) is 10.0. The maximum atomic E-state index is 9.19. The normalized spacial score (nSPS) is 23.3. The lowest BCUT2D eigenvalue weighted by Crippen LogP contribution is -2.56. The van der Waals surface area contributed by atoms with Crippen molar-refractivity contribution >= 4 is 11.6 Å². The van der Waals surface area contributed by atoms with E-state index in [0.29, 0.717) is 60.1 Å². The number of rotatable bonds is 9. The molecule has 4 N–H and O–H groups in total. The van der Waals surface area contributed by atoms with Crippen molar-refractivity contribution in [3.8, 4) is 11.9 Å². The molecule has 2 fully saturated rings. The van der Waals surface area contributed by atoms with E-state index in [4.69, 9.17) is 10.00 Å². The topological polar surface area (TPSA) is 135 Å². The van der Waals surface area contributed by atoms with Crippen molar-refractivity contribution in [1.29, 1.82) is 5.26 Å². The molecule has 0 amide bonds. The average Bonchev–Trinajstić information content (AvgIpc) is 3.23. The molecule has 2 saturated heterocycles. The highest BCUT2D eigenvalue weighted by Crippen LogP contribution is 2.34. The van der Waals surface area contributed by atoms with Crippen molar-refractivity contribution in [1.82, 2.24) is 30.4 Å². The number of hydrogen-bond acceptors (Lipinski definition) is 9. The Morgan fingerprint density at radius 3 is 2.74 bits per heavy atom. The van der Waals surface area contributed by atoms with E-state index in [0.717, 1.165) is 19.4 Å². The molecule has 2 aromatic heterocycles. The number of nitriles is 1. The highest BCUT2D eigenvalue weighted by Gasteiger charge is 2.37. The number of aromatic amines is 1. The Bertz CT molecular complexity index is 897. The molecular weight excluding hydrogens is 396 g/mol. The fourth-order valence-corrected chi connectivity index (χ4v) is 4.78. The molecule has 166 valence electrons. The molecular formula is C21H30N8O2. The minimum absolute atomic E-state index is 0.103. The predicted octanol–water partition coefficient (Wildman–Crippen LogP) is 1.83. The molecule has 10 nitrogen and oxygen atoms in total. The number of ether oxygens (including phenoxy) is 1. The van der Waals surface area contributed by atoms with Gasteiger partial charge in [0.05, 0.1) is 32.0 Å². The smallest absolute Gasteiger partial charge is 0.218 e. The number of H-pyrrole nitrogens is 1. The first-order valence-electron chi connectivity index (χ1n) is 10.9. The molecule has 0 saturated carbocycles. The predicted molar refractivity (Wildman–Crippen MR) is 115 cm³/mol. The van der Waals surface area contributed by atoms with E-state index in [2.05, 4.69) is 41.8 Å². The highest BCUT2D eigenvalue weighted by atomic mass is 16.5. The average molecular weight is 427 g/mol. The van der Waals surface area contributed by atoms with Gasteiger partial charge in [0.25, 0.3) is 0 Å². The number of nitrogens with one attached hydrogen (secondary N) is 3.